The maximum absolute atomic E-state index is 13.0. The average Bonchev–Trinajstić information content (AvgIpc) is 3.05. The summed E-state index contributed by atoms with van der Waals surface area (Å²) in [5.74, 6) is 0.241. The lowest BCUT2D eigenvalue weighted by atomic mass is 9.95. The standard InChI is InChI=1S/C17H26N4O3/c1-3-9-24-12-15-16-14(21(4-2)19-18-16)5-8-20(15)17(22)13-6-10-23-11-7-13/h3,13,15H,1,4-12H2,2H3/t15-/m1/s1. The van der Waals surface area contributed by atoms with Crippen LogP contribution in [0.3, 0.4) is 0 Å². The van der Waals surface area contributed by atoms with Gasteiger partial charge in [-0.3, -0.25) is 4.79 Å². The van der Waals surface area contributed by atoms with Crippen LogP contribution in [0, 0.1) is 5.92 Å². The Hall–Kier alpha value is -1.73. The van der Waals surface area contributed by atoms with E-state index >= 15 is 0 Å². The molecule has 1 fully saturated rings. The fraction of sp³-hybridized carbons (Fsp3) is 0.706. The Labute approximate surface area is 142 Å². The summed E-state index contributed by atoms with van der Waals surface area (Å²) >= 11 is 0. The fourth-order valence-corrected chi connectivity index (χ4v) is 3.52. The van der Waals surface area contributed by atoms with E-state index in [1.807, 2.05) is 9.58 Å². The van der Waals surface area contributed by atoms with Gasteiger partial charge in [-0.05, 0) is 19.8 Å². The van der Waals surface area contributed by atoms with Crippen molar-refractivity contribution < 1.29 is 14.3 Å². The molecule has 0 N–H and O–H groups in total. The first-order chi connectivity index (χ1) is 11.8. The van der Waals surface area contributed by atoms with Crippen LogP contribution in [0.25, 0.3) is 0 Å². The second-order valence-corrected chi connectivity index (χ2v) is 6.25. The van der Waals surface area contributed by atoms with E-state index < -0.39 is 0 Å². The van der Waals surface area contributed by atoms with Crippen LogP contribution in [0.1, 0.15) is 37.2 Å². The Kier molecular flexibility index (Phi) is 5.63. The van der Waals surface area contributed by atoms with Gasteiger partial charge in [-0.25, -0.2) is 4.68 Å². The van der Waals surface area contributed by atoms with Crippen LogP contribution in [-0.2, 0) is 27.2 Å². The van der Waals surface area contributed by atoms with Gasteiger partial charge in [-0.15, -0.1) is 11.7 Å². The molecule has 24 heavy (non-hydrogen) atoms. The highest BCUT2D eigenvalue weighted by atomic mass is 16.5. The summed E-state index contributed by atoms with van der Waals surface area (Å²) in [5, 5.41) is 8.59. The number of ether oxygens (including phenoxy) is 2. The van der Waals surface area contributed by atoms with Crippen LogP contribution < -0.4 is 0 Å². The van der Waals surface area contributed by atoms with E-state index in [1.165, 1.54) is 0 Å². The molecule has 2 aliphatic heterocycles. The minimum absolute atomic E-state index is 0.0448. The lowest BCUT2D eigenvalue weighted by molar-refractivity contribution is -0.143. The minimum Gasteiger partial charge on any atom is -0.381 e. The van der Waals surface area contributed by atoms with Gasteiger partial charge in [-0.1, -0.05) is 11.3 Å². The van der Waals surface area contributed by atoms with E-state index in [1.54, 1.807) is 6.08 Å². The molecule has 7 heteroatoms. The number of rotatable bonds is 6. The predicted octanol–water partition coefficient (Wildman–Crippen LogP) is 1.35. The topological polar surface area (TPSA) is 69.5 Å². The quantitative estimate of drug-likeness (QED) is 0.580. The van der Waals surface area contributed by atoms with Gasteiger partial charge in [0.05, 0.1) is 18.9 Å². The molecule has 1 amide bonds. The van der Waals surface area contributed by atoms with Crippen molar-refractivity contribution in [2.45, 2.75) is 38.8 Å². The highest BCUT2D eigenvalue weighted by Gasteiger charge is 2.37. The summed E-state index contributed by atoms with van der Waals surface area (Å²) in [5.41, 5.74) is 2.01. The lowest BCUT2D eigenvalue weighted by Gasteiger charge is -2.37. The molecular weight excluding hydrogens is 308 g/mol. The van der Waals surface area contributed by atoms with Crippen LogP contribution in [0.2, 0.25) is 0 Å². The maximum Gasteiger partial charge on any atom is 0.226 e. The molecule has 7 nitrogen and oxygen atoms in total. The predicted molar refractivity (Wildman–Crippen MR) is 88.4 cm³/mol. The Morgan fingerprint density at radius 3 is 2.96 bits per heavy atom. The number of amides is 1. The molecule has 2 aliphatic rings. The number of aryl methyl sites for hydroxylation is 1. The Morgan fingerprint density at radius 2 is 2.25 bits per heavy atom. The number of carbonyl (C=O) groups is 1. The van der Waals surface area contributed by atoms with Crippen molar-refractivity contribution in [1.82, 2.24) is 19.9 Å². The SMILES string of the molecule is C=CCOC[C@@H]1c2nnn(CC)c2CCN1C(=O)C1CCOCC1. The van der Waals surface area contributed by atoms with Gasteiger partial charge in [0, 0.05) is 38.6 Å². The van der Waals surface area contributed by atoms with Crippen LogP contribution in [0.15, 0.2) is 12.7 Å². The van der Waals surface area contributed by atoms with E-state index in [9.17, 15) is 4.79 Å². The molecule has 0 radical (unpaired) electrons. The van der Waals surface area contributed by atoms with Crippen molar-refractivity contribution in [3.05, 3.63) is 24.0 Å². The van der Waals surface area contributed by atoms with Crippen molar-refractivity contribution in [2.75, 3.05) is 33.0 Å². The number of nitrogens with zero attached hydrogens (tertiary/aromatic N) is 4. The number of carbonyl (C=O) groups excluding carboxylic acids is 1. The molecule has 1 atom stereocenters. The summed E-state index contributed by atoms with van der Waals surface area (Å²) < 4.78 is 13.0. The molecule has 1 aromatic heterocycles. The number of hydrogen-bond donors (Lipinski definition) is 0. The zero-order valence-electron chi connectivity index (χ0n) is 14.3. The molecule has 1 saturated heterocycles. The number of fused-ring (bicyclic) bond motifs is 1. The molecule has 0 saturated carbocycles. The first kappa shape index (κ1) is 17.1. The molecule has 3 rings (SSSR count). The molecule has 1 aromatic rings. The molecular formula is C17H26N4O3. The summed E-state index contributed by atoms with van der Waals surface area (Å²) in [6, 6.07) is -0.163. The van der Waals surface area contributed by atoms with Gasteiger partial charge in [-0.2, -0.15) is 0 Å². The van der Waals surface area contributed by atoms with Crippen LogP contribution in [-0.4, -0.2) is 58.8 Å². The van der Waals surface area contributed by atoms with E-state index in [0.29, 0.717) is 33.0 Å². The van der Waals surface area contributed by atoms with E-state index in [2.05, 4.69) is 23.8 Å². The molecule has 0 aliphatic carbocycles. The number of aromatic nitrogens is 3. The van der Waals surface area contributed by atoms with Crippen LogP contribution in [0.4, 0.5) is 0 Å². The summed E-state index contributed by atoms with van der Waals surface area (Å²) in [4.78, 5) is 15.0. The molecule has 0 spiro atoms. The Balaban J connectivity index is 1.81. The van der Waals surface area contributed by atoms with Gasteiger partial charge in [0.25, 0.3) is 0 Å². The molecule has 0 bridgehead atoms. The Morgan fingerprint density at radius 1 is 1.46 bits per heavy atom. The van der Waals surface area contributed by atoms with Crippen molar-refractivity contribution in [1.29, 1.82) is 0 Å². The van der Waals surface area contributed by atoms with Crippen molar-refractivity contribution in [2.24, 2.45) is 5.92 Å². The van der Waals surface area contributed by atoms with Crippen molar-refractivity contribution in [3.63, 3.8) is 0 Å². The lowest BCUT2D eigenvalue weighted by Crippen LogP contribution is -2.46. The monoisotopic (exact) mass is 334 g/mol. The molecule has 0 unspecified atom stereocenters. The normalized spacial score (nSPS) is 21.5. The average molecular weight is 334 g/mol. The third-order valence-electron chi connectivity index (χ3n) is 4.81. The maximum atomic E-state index is 13.0. The second kappa shape index (κ2) is 7.90. The Bertz CT molecular complexity index is 580. The van der Waals surface area contributed by atoms with Crippen molar-refractivity contribution >= 4 is 5.91 Å². The van der Waals surface area contributed by atoms with Gasteiger partial charge in [0.2, 0.25) is 5.91 Å². The fourth-order valence-electron chi connectivity index (χ4n) is 3.52. The zero-order valence-corrected chi connectivity index (χ0v) is 14.3. The van der Waals surface area contributed by atoms with Gasteiger partial charge in [0.15, 0.2) is 0 Å². The zero-order chi connectivity index (χ0) is 16.9. The molecule has 132 valence electrons. The molecule has 0 aromatic carbocycles. The van der Waals surface area contributed by atoms with Crippen molar-refractivity contribution in [3.8, 4) is 0 Å². The van der Waals surface area contributed by atoms with Crippen LogP contribution in [0.5, 0.6) is 0 Å². The third kappa shape index (κ3) is 3.37. The van der Waals surface area contributed by atoms with Gasteiger partial charge < -0.3 is 14.4 Å². The van der Waals surface area contributed by atoms with E-state index in [4.69, 9.17) is 9.47 Å². The highest BCUT2D eigenvalue weighted by Crippen LogP contribution is 2.31. The first-order valence-electron chi connectivity index (χ1n) is 8.75. The first-order valence-corrected chi connectivity index (χ1v) is 8.75. The van der Waals surface area contributed by atoms with E-state index in [0.717, 1.165) is 37.2 Å². The minimum atomic E-state index is -0.163. The van der Waals surface area contributed by atoms with E-state index in [-0.39, 0.29) is 17.9 Å². The van der Waals surface area contributed by atoms with Gasteiger partial charge >= 0.3 is 0 Å². The van der Waals surface area contributed by atoms with Crippen LogP contribution >= 0.6 is 0 Å². The summed E-state index contributed by atoms with van der Waals surface area (Å²) in [6.07, 6.45) is 4.11. The summed E-state index contributed by atoms with van der Waals surface area (Å²) in [6.45, 7) is 9.44. The highest BCUT2D eigenvalue weighted by molar-refractivity contribution is 5.79. The van der Waals surface area contributed by atoms with Gasteiger partial charge in [0.1, 0.15) is 11.7 Å². The smallest absolute Gasteiger partial charge is 0.226 e. The number of hydrogen-bond acceptors (Lipinski definition) is 5. The second-order valence-electron chi connectivity index (χ2n) is 6.25. The third-order valence-corrected chi connectivity index (χ3v) is 4.81. The largest absolute Gasteiger partial charge is 0.381 e. The molecule has 3 heterocycles. The summed E-state index contributed by atoms with van der Waals surface area (Å²) in [7, 11) is 0.